The largest absolute Gasteiger partial charge is 0.304 e. The molecule has 12 rings (SSSR count). The third kappa shape index (κ3) is 23.0. The van der Waals surface area contributed by atoms with Gasteiger partial charge in [0.1, 0.15) is 11.3 Å². The number of likely N-dealkylation sites (N-methyl/N-ethyl adjacent to an activating group) is 1. The van der Waals surface area contributed by atoms with Crippen LogP contribution in [-0.4, -0.2) is 228 Å². The van der Waals surface area contributed by atoms with Crippen LogP contribution in [-0.2, 0) is 0 Å². The molecule has 0 aromatic carbocycles. The second-order valence-electron chi connectivity index (χ2n) is 31.4. The number of piperazine rings is 1. The molecule has 6 atom stereocenters. The van der Waals surface area contributed by atoms with Crippen molar-refractivity contribution in [1.29, 1.82) is 0 Å². The number of likely N-dealkylation sites (tertiary alicyclic amines) is 7. The third-order valence-electron chi connectivity index (χ3n) is 21.7. The Labute approximate surface area is 497 Å². The monoisotopic (exact) mass is 1130 g/mol. The molecule has 11 heteroatoms. The van der Waals surface area contributed by atoms with E-state index < -0.39 is 11.3 Å². The van der Waals surface area contributed by atoms with Crippen molar-refractivity contribution in [3.8, 4) is 0 Å². The number of nitrogens with zero attached hydrogens (tertiary/aromatic N) is 9. The molecule has 12 aliphatic rings. The number of piperidine rings is 2. The van der Waals surface area contributed by atoms with E-state index in [-0.39, 0.29) is 0 Å². The van der Waals surface area contributed by atoms with Crippen molar-refractivity contribution in [2.24, 2.45) is 28.6 Å². The SMILES string of the molecule is CC(C)N1CC2(CCC2)C1.CC(C)N1CC2CCC1C2.CC(C)N1CC2CCCC2C1.CC(C)N1CCC(C)(F)C1.CC(C)N1CCC2(CC2)C1.CC(C)N1CCCC(C)(F)C1.CC(C)N1CCCC1.CC(C)N1CCN(C)CC1. The van der Waals surface area contributed by atoms with Crippen LogP contribution in [0.25, 0.3) is 0 Å². The minimum Gasteiger partial charge on any atom is -0.304 e. The average Bonchev–Trinajstić information content (AvgIpc) is 4.18. The first-order chi connectivity index (χ1) is 37.5. The Morgan fingerprint density at radius 2 is 0.775 bits per heavy atom. The molecule has 80 heavy (non-hydrogen) atoms. The Morgan fingerprint density at radius 3 is 1.10 bits per heavy atom. The summed E-state index contributed by atoms with van der Waals surface area (Å²) in [6.45, 7) is 60.0. The van der Waals surface area contributed by atoms with E-state index in [1.54, 1.807) is 13.8 Å². The summed E-state index contributed by atoms with van der Waals surface area (Å²) in [7, 11) is 2.19. The van der Waals surface area contributed by atoms with Crippen LogP contribution in [0.3, 0.4) is 0 Å². The summed E-state index contributed by atoms with van der Waals surface area (Å²) < 4.78 is 26.6. The highest BCUT2D eigenvalue weighted by Gasteiger charge is 2.49. The van der Waals surface area contributed by atoms with E-state index in [0.29, 0.717) is 31.6 Å². The summed E-state index contributed by atoms with van der Waals surface area (Å²) >= 11 is 0. The molecule has 4 aliphatic carbocycles. The molecule has 0 N–H and O–H groups in total. The van der Waals surface area contributed by atoms with Gasteiger partial charge >= 0.3 is 0 Å². The predicted octanol–water partition coefficient (Wildman–Crippen LogP) is 13.9. The van der Waals surface area contributed by atoms with Crippen molar-refractivity contribution in [2.45, 2.75) is 299 Å². The molecular formula is C69H137F2N9. The van der Waals surface area contributed by atoms with Gasteiger partial charge in [0.05, 0.1) is 0 Å². The van der Waals surface area contributed by atoms with Crippen molar-refractivity contribution in [3.05, 3.63) is 0 Å². The summed E-state index contributed by atoms with van der Waals surface area (Å²) in [6, 6.07) is 6.58. The maximum atomic E-state index is 13.4. The Kier molecular flexibility index (Phi) is 28.5. The number of fused-ring (bicyclic) bond motifs is 3. The van der Waals surface area contributed by atoms with Gasteiger partial charge in [-0.3, -0.25) is 24.5 Å². The van der Waals surface area contributed by atoms with Gasteiger partial charge in [-0.25, -0.2) is 8.78 Å². The van der Waals surface area contributed by atoms with E-state index in [9.17, 15) is 8.78 Å². The molecule has 8 saturated heterocycles. The van der Waals surface area contributed by atoms with Crippen LogP contribution in [0.1, 0.15) is 234 Å². The molecule has 0 radical (unpaired) electrons. The maximum absolute atomic E-state index is 13.4. The maximum Gasteiger partial charge on any atom is 0.122 e. The fourth-order valence-corrected chi connectivity index (χ4v) is 15.1. The molecule has 4 saturated carbocycles. The van der Waals surface area contributed by atoms with Crippen molar-refractivity contribution in [2.75, 3.05) is 118 Å². The Hall–Kier alpha value is -0.500. The van der Waals surface area contributed by atoms with Gasteiger partial charge in [0.2, 0.25) is 0 Å². The lowest BCUT2D eigenvalue weighted by Crippen LogP contribution is -2.61. The zero-order valence-corrected chi connectivity index (χ0v) is 56.8. The van der Waals surface area contributed by atoms with E-state index in [1.165, 1.54) is 175 Å². The first-order valence-electron chi connectivity index (χ1n) is 34.5. The molecular weight excluding hydrogens is 993 g/mol. The highest BCUT2D eigenvalue weighted by atomic mass is 19.1. The van der Waals surface area contributed by atoms with Gasteiger partial charge in [-0.1, -0.05) is 12.8 Å². The summed E-state index contributed by atoms with van der Waals surface area (Å²) in [6.07, 6.45) is 23.3. The number of alkyl halides is 2. The molecule has 12 fully saturated rings. The minimum absolute atomic E-state index is 0.491. The molecule has 0 amide bonds. The number of hydrogen-bond donors (Lipinski definition) is 0. The third-order valence-corrected chi connectivity index (χ3v) is 21.7. The van der Waals surface area contributed by atoms with Gasteiger partial charge in [-0.15, -0.1) is 0 Å². The number of halogens is 2. The zero-order valence-electron chi connectivity index (χ0n) is 56.8. The van der Waals surface area contributed by atoms with Crippen LogP contribution < -0.4 is 0 Å². The summed E-state index contributed by atoms with van der Waals surface area (Å²) in [4.78, 5) is 22.4. The van der Waals surface area contributed by atoms with Crippen LogP contribution in [0.2, 0.25) is 0 Å². The van der Waals surface area contributed by atoms with E-state index in [4.69, 9.17) is 0 Å². The first kappa shape index (κ1) is 70.3. The lowest BCUT2D eigenvalue weighted by Gasteiger charge is -2.57. The van der Waals surface area contributed by atoms with E-state index in [1.807, 2.05) is 0 Å². The highest BCUT2D eigenvalue weighted by Crippen LogP contribution is 2.53. The Bertz CT molecular complexity index is 1640. The van der Waals surface area contributed by atoms with Crippen LogP contribution in [0.5, 0.6) is 0 Å². The van der Waals surface area contributed by atoms with Gasteiger partial charge in [0.25, 0.3) is 0 Å². The molecule has 0 aromatic heterocycles. The highest BCUT2D eigenvalue weighted by molar-refractivity contribution is 5.02. The van der Waals surface area contributed by atoms with Crippen molar-refractivity contribution in [3.63, 3.8) is 0 Å². The molecule has 2 spiro atoms. The first-order valence-corrected chi connectivity index (χ1v) is 34.5. The normalized spacial score (nSPS) is 32.4. The molecule has 472 valence electrons. The molecule has 9 nitrogen and oxygen atoms in total. The predicted molar refractivity (Wildman–Crippen MR) is 343 cm³/mol. The molecule has 8 heterocycles. The fourth-order valence-electron chi connectivity index (χ4n) is 15.1. The van der Waals surface area contributed by atoms with Gasteiger partial charge in [0, 0.05) is 139 Å². The second kappa shape index (κ2) is 32.5. The zero-order chi connectivity index (χ0) is 59.2. The second-order valence-corrected chi connectivity index (χ2v) is 31.4. The van der Waals surface area contributed by atoms with E-state index in [2.05, 4.69) is 162 Å². The van der Waals surface area contributed by atoms with Gasteiger partial charge in [-0.2, -0.15) is 0 Å². The lowest BCUT2D eigenvalue weighted by atomic mass is 9.63. The van der Waals surface area contributed by atoms with Crippen LogP contribution in [0.4, 0.5) is 8.78 Å². The van der Waals surface area contributed by atoms with Crippen LogP contribution >= 0.6 is 0 Å². The summed E-state index contributed by atoms with van der Waals surface area (Å²) in [5.41, 5.74) is -0.221. The Balaban J connectivity index is 0.000000168. The van der Waals surface area contributed by atoms with Gasteiger partial charge < -0.3 is 19.6 Å². The summed E-state index contributed by atoms with van der Waals surface area (Å²) in [5.74, 6) is 3.20. The quantitative estimate of drug-likeness (QED) is 0.236. The van der Waals surface area contributed by atoms with Crippen LogP contribution in [0.15, 0.2) is 0 Å². The van der Waals surface area contributed by atoms with Gasteiger partial charge in [0.15, 0.2) is 0 Å². The standard InChI is InChI=1S/C10H19N.C9H18FN.3C9H17N.C8H16FN.C8H18N2.C7H15N/c1-8(2)11-6-9-4-3-5-10(9)7-11;1-8(2)11-6-4-5-9(3,10)7-11;1-7(2)10-6-8-3-4-9(10)5-8;1-8(2)10-6-5-9(7-10)3-4-9;1-8(2)10-6-9(7-10)4-3-5-9;1-7(2)10-5-4-8(3,9)6-10;1-8(2)10-6-4-9(3)5-7-10;1-7(2)8-5-3-4-6-8/h8-10H,3-7H2,1-2H3;8H,4-7H2,1-3H3;7-9H,3-6H2,1-2H3;2*8H,3-7H2,1-2H3;7H,4-6H2,1-3H3;8H,4-7H2,1-3H3;7H,3-6H2,1-2H3. The topological polar surface area (TPSA) is 29.2 Å². The van der Waals surface area contributed by atoms with E-state index >= 15 is 0 Å². The minimum atomic E-state index is -0.942. The summed E-state index contributed by atoms with van der Waals surface area (Å²) in [5, 5.41) is 0. The molecule has 2 bridgehead atoms. The fraction of sp³-hybridized carbons (Fsp3) is 1.00. The average molecular weight is 1130 g/mol. The van der Waals surface area contributed by atoms with E-state index in [0.717, 1.165) is 96.8 Å². The lowest BCUT2D eigenvalue weighted by molar-refractivity contribution is -0.0758. The number of rotatable bonds is 8. The molecule has 6 unspecified atom stereocenters. The van der Waals surface area contributed by atoms with Gasteiger partial charge in [-0.05, 0) is 283 Å². The molecule has 0 aromatic rings. The van der Waals surface area contributed by atoms with Crippen molar-refractivity contribution in [1.82, 2.24) is 44.1 Å². The Morgan fingerprint density at radius 1 is 0.338 bits per heavy atom. The van der Waals surface area contributed by atoms with Crippen LogP contribution in [0, 0.1) is 28.6 Å². The molecule has 8 aliphatic heterocycles. The number of hydrogen-bond acceptors (Lipinski definition) is 9. The van der Waals surface area contributed by atoms with Crippen molar-refractivity contribution >= 4 is 0 Å². The van der Waals surface area contributed by atoms with Crippen molar-refractivity contribution < 1.29 is 8.78 Å². The smallest absolute Gasteiger partial charge is 0.122 e.